The van der Waals surface area contributed by atoms with E-state index in [1.807, 2.05) is 4.90 Å². The van der Waals surface area contributed by atoms with E-state index in [1.165, 1.54) is 24.3 Å². The molecule has 2 N–H and O–H groups in total. The number of sulfonamides is 1. The predicted molar refractivity (Wildman–Crippen MR) is 122 cm³/mol. The fourth-order valence-electron chi connectivity index (χ4n) is 3.50. The van der Waals surface area contributed by atoms with Crippen LogP contribution in [-0.4, -0.2) is 68.8 Å². The van der Waals surface area contributed by atoms with E-state index in [0.29, 0.717) is 55.0 Å². The van der Waals surface area contributed by atoms with E-state index in [-0.39, 0.29) is 16.7 Å². The molecule has 1 saturated carbocycles. The Kier molecular flexibility index (Phi) is 6.68. The van der Waals surface area contributed by atoms with Crippen LogP contribution in [0.3, 0.4) is 0 Å². The number of anilines is 1. The van der Waals surface area contributed by atoms with Gasteiger partial charge >= 0.3 is 0 Å². The molecule has 0 bridgehead atoms. The second kappa shape index (κ2) is 9.48. The van der Waals surface area contributed by atoms with E-state index in [1.54, 1.807) is 29.2 Å². The van der Waals surface area contributed by atoms with Crippen LogP contribution in [0.2, 0.25) is 5.02 Å². The minimum Gasteiger partial charge on any atom is -0.352 e. The number of nitrogens with one attached hydrogen (secondary N) is 2. The average molecular weight is 477 g/mol. The molecular formula is C22H25ClN4O4S. The standard InChI is InChI=1S/C22H25ClN4O4S/c23-17-3-5-19(6-4-17)25-32(30,31)20-9-1-16(2-10-20)22(29)27-13-11-26(12-14-27)15-21(28)24-18-7-8-18/h1-6,9-10,18,25H,7-8,11-15H2,(H,24,28). The van der Waals surface area contributed by atoms with Crippen molar-refractivity contribution < 1.29 is 18.0 Å². The van der Waals surface area contributed by atoms with Gasteiger partial charge in [0.05, 0.1) is 11.4 Å². The third-order valence-electron chi connectivity index (χ3n) is 5.48. The van der Waals surface area contributed by atoms with E-state index in [2.05, 4.69) is 10.0 Å². The van der Waals surface area contributed by atoms with E-state index in [9.17, 15) is 18.0 Å². The molecule has 32 heavy (non-hydrogen) atoms. The summed E-state index contributed by atoms with van der Waals surface area (Å²) in [5.74, 6) is -0.113. The third kappa shape index (κ3) is 5.79. The Bertz CT molecular complexity index is 1080. The minimum absolute atomic E-state index is 0.0382. The smallest absolute Gasteiger partial charge is 0.261 e. The van der Waals surface area contributed by atoms with Gasteiger partial charge in [-0.1, -0.05) is 11.6 Å². The molecule has 0 aromatic heterocycles. The Morgan fingerprint density at radius 1 is 0.938 bits per heavy atom. The van der Waals surface area contributed by atoms with Crippen LogP contribution in [0.5, 0.6) is 0 Å². The Labute approximate surface area is 192 Å². The highest BCUT2D eigenvalue weighted by Crippen LogP contribution is 2.20. The summed E-state index contributed by atoms with van der Waals surface area (Å²) in [6, 6.07) is 12.6. The molecule has 1 aliphatic heterocycles. The van der Waals surface area contributed by atoms with Gasteiger partial charge < -0.3 is 10.2 Å². The zero-order valence-electron chi connectivity index (χ0n) is 17.5. The van der Waals surface area contributed by atoms with Crippen LogP contribution in [0.25, 0.3) is 0 Å². The van der Waals surface area contributed by atoms with Crippen molar-refractivity contribution in [2.24, 2.45) is 0 Å². The van der Waals surface area contributed by atoms with E-state index < -0.39 is 10.0 Å². The predicted octanol–water partition coefficient (Wildman–Crippen LogP) is 2.18. The van der Waals surface area contributed by atoms with Crippen molar-refractivity contribution in [2.75, 3.05) is 37.4 Å². The zero-order chi connectivity index (χ0) is 22.7. The summed E-state index contributed by atoms with van der Waals surface area (Å²) < 4.78 is 27.7. The number of benzene rings is 2. The van der Waals surface area contributed by atoms with Crippen LogP contribution in [0, 0.1) is 0 Å². The molecule has 8 nitrogen and oxygen atoms in total. The van der Waals surface area contributed by atoms with E-state index >= 15 is 0 Å². The van der Waals surface area contributed by atoms with Gasteiger partial charge in [0.2, 0.25) is 5.91 Å². The van der Waals surface area contributed by atoms with Gasteiger partial charge in [0, 0.05) is 48.5 Å². The van der Waals surface area contributed by atoms with Gasteiger partial charge in [0.15, 0.2) is 0 Å². The lowest BCUT2D eigenvalue weighted by Crippen LogP contribution is -2.51. The number of rotatable bonds is 7. The largest absolute Gasteiger partial charge is 0.352 e. The summed E-state index contributed by atoms with van der Waals surface area (Å²) in [7, 11) is -3.78. The summed E-state index contributed by atoms with van der Waals surface area (Å²) >= 11 is 5.83. The maximum absolute atomic E-state index is 12.8. The number of hydrogen-bond acceptors (Lipinski definition) is 5. The molecule has 0 atom stereocenters. The van der Waals surface area contributed by atoms with Crippen LogP contribution in [0.1, 0.15) is 23.2 Å². The molecule has 1 saturated heterocycles. The number of carbonyl (C=O) groups excluding carboxylic acids is 2. The molecule has 2 amide bonds. The monoisotopic (exact) mass is 476 g/mol. The first-order valence-electron chi connectivity index (χ1n) is 10.5. The summed E-state index contributed by atoms with van der Waals surface area (Å²) in [4.78, 5) is 28.6. The lowest BCUT2D eigenvalue weighted by Gasteiger charge is -2.34. The molecule has 170 valence electrons. The number of hydrogen-bond donors (Lipinski definition) is 2. The van der Waals surface area contributed by atoms with Crippen molar-refractivity contribution >= 4 is 39.1 Å². The highest BCUT2D eigenvalue weighted by Gasteiger charge is 2.27. The van der Waals surface area contributed by atoms with E-state index in [0.717, 1.165) is 12.8 Å². The second-order valence-corrected chi connectivity index (χ2v) is 10.2. The highest BCUT2D eigenvalue weighted by atomic mass is 35.5. The molecule has 2 fully saturated rings. The van der Waals surface area contributed by atoms with Crippen LogP contribution < -0.4 is 10.0 Å². The maximum atomic E-state index is 12.8. The molecule has 0 spiro atoms. The molecule has 2 aromatic carbocycles. The van der Waals surface area contributed by atoms with Crippen molar-refractivity contribution in [1.82, 2.24) is 15.1 Å². The Morgan fingerprint density at radius 2 is 1.56 bits per heavy atom. The lowest BCUT2D eigenvalue weighted by molar-refractivity contribution is -0.122. The Balaban J connectivity index is 1.32. The first-order chi connectivity index (χ1) is 15.3. The Morgan fingerprint density at radius 3 is 2.16 bits per heavy atom. The fourth-order valence-corrected chi connectivity index (χ4v) is 4.69. The van der Waals surface area contributed by atoms with Gasteiger partial charge in [-0.25, -0.2) is 8.42 Å². The van der Waals surface area contributed by atoms with Crippen LogP contribution in [0.4, 0.5) is 5.69 Å². The molecule has 2 aliphatic rings. The van der Waals surface area contributed by atoms with Gasteiger partial charge in [0.25, 0.3) is 15.9 Å². The first kappa shape index (κ1) is 22.6. The van der Waals surface area contributed by atoms with Gasteiger partial charge in [-0.3, -0.25) is 19.2 Å². The molecule has 0 radical (unpaired) electrons. The van der Waals surface area contributed by atoms with Gasteiger partial charge in [0.1, 0.15) is 0 Å². The zero-order valence-corrected chi connectivity index (χ0v) is 19.0. The highest BCUT2D eigenvalue weighted by molar-refractivity contribution is 7.92. The molecule has 0 unspecified atom stereocenters. The topological polar surface area (TPSA) is 98.8 Å². The van der Waals surface area contributed by atoms with Crippen LogP contribution in [-0.2, 0) is 14.8 Å². The van der Waals surface area contributed by atoms with Crippen LogP contribution in [0.15, 0.2) is 53.4 Å². The fraction of sp³-hybridized carbons (Fsp3) is 0.364. The number of carbonyl (C=O) groups is 2. The lowest BCUT2D eigenvalue weighted by atomic mass is 10.2. The summed E-state index contributed by atoms with van der Waals surface area (Å²) in [6.07, 6.45) is 2.12. The van der Waals surface area contributed by atoms with Crippen molar-refractivity contribution in [1.29, 1.82) is 0 Å². The molecule has 10 heteroatoms. The first-order valence-corrected chi connectivity index (χ1v) is 12.4. The number of nitrogens with zero attached hydrogens (tertiary/aromatic N) is 2. The molecule has 1 aliphatic carbocycles. The molecule has 2 aromatic rings. The summed E-state index contributed by atoms with van der Waals surface area (Å²) in [5, 5.41) is 3.49. The normalized spacial score (nSPS) is 17.1. The van der Waals surface area contributed by atoms with Crippen molar-refractivity contribution in [3.05, 3.63) is 59.1 Å². The van der Waals surface area contributed by atoms with Gasteiger partial charge in [-0.05, 0) is 61.4 Å². The molecular weight excluding hydrogens is 452 g/mol. The SMILES string of the molecule is O=C(CN1CCN(C(=O)c2ccc(S(=O)(=O)Nc3ccc(Cl)cc3)cc2)CC1)NC1CC1. The van der Waals surface area contributed by atoms with E-state index in [4.69, 9.17) is 11.6 Å². The quantitative estimate of drug-likeness (QED) is 0.638. The maximum Gasteiger partial charge on any atom is 0.261 e. The number of halogens is 1. The third-order valence-corrected chi connectivity index (χ3v) is 7.13. The number of amides is 2. The van der Waals surface area contributed by atoms with Crippen molar-refractivity contribution in [2.45, 2.75) is 23.8 Å². The average Bonchev–Trinajstić information content (AvgIpc) is 3.59. The van der Waals surface area contributed by atoms with Gasteiger partial charge in [-0.15, -0.1) is 0 Å². The molecule has 1 heterocycles. The van der Waals surface area contributed by atoms with Crippen molar-refractivity contribution in [3.8, 4) is 0 Å². The Hall–Kier alpha value is -2.62. The second-order valence-electron chi connectivity index (χ2n) is 8.05. The summed E-state index contributed by atoms with van der Waals surface area (Å²) in [6.45, 7) is 2.65. The van der Waals surface area contributed by atoms with Crippen LogP contribution >= 0.6 is 11.6 Å². The minimum atomic E-state index is -3.78. The number of piperazine rings is 1. The van der Waals surface area contributed by atoms with Gasteiger partial charge in [-0.2, -0.15) is 0 Å². The summed E-state index contributed by atoms with van der Waals surface area (Å²) in [5.41, 5.74) is 0.827. The van der Waals surface area contributed by atoms with Crippen molar-refractivity contribution in [3.63, 3.8) is 0 Å². The molecule has 4 rings (SSSR count).